The summed E-state index contributed by atoms with van der Waals surface area (Å²) in [6, 6.07) is 4.29. The number of rotatable bonds is 6. The fraction of sp³-hybridized carbons (Fsp3) is 0.385. The highest BCUT2D eigenvalue weighted by Gasteiger charge is 2.20. The summed E-state index contributed by atoms with van der Waals surface area (Å²) in [5.74, 6) is 0.352. The van der Waals surface area contributed by atoms with Gasteiger partial charge in [-0.1, -0.05) is 6.92 Å². The van der Waals surface area contributed by atoms with Gasteiger partial charge < -0.3 is 10.1 Å². The highest BCUT2D eigenvalue weighted by Crippen LogP contribution is 2.30. The number of methoxy groups -OCH3 is 1. The Morgan fingerprint density at radius 3 is 2.95 bits per heavy atom. The average molecular weight is 281 g/mol. The van der Waals surface area contributed by atoms with Gasteiger partial charge in [-0.05, 0) is 31.2 Å². The molecule has 0 radical (unpaired) electrons. The fourth-order valence-corrected chi connectivity index (χ4v) is 2.34. The van der Waals surface area contributed by atoms with E-state index in [1.54, 1.807) is 19.4 Å². The second-order valence-corrected chi connectivity index (χ2v) is 4.66. The molecule has 0 aliphatic rings. The topological polar surface area (TPSA) is 47.0 Å². The Bertz CT molecular complexity index is 519. The van der Waals surface area contributed by atoms with Crippen molar-refractivity contribution in [2.24, 2.45) is 0 Å². The first-order valence-corrected chi connectivity index (χ1v) is 6.83. The van der Waals surface area contributed by atoms with E-state index in [-0.39, 0.29) is 11.9 Å². The van der Waals surface area contributed by atoms with Gasteiger partial charge in [0, 0.05) is 5.56 Å². The van der Waals surface area contributed by atoms with Crippen LogP contribution in [0.25, 0.3) is 0 Å². The smallest absolute Gasteiger partial charge is 0.124 e. The number of ether oxygens (including phenoxy) is 1. The molecular weight excluding hydrogens is 265 g/mol. The fourth-order valence-electron chi connectivity index (χ4n) is 1.89. The van der Waals surface area contributed by atoms with Gasteiger partial charge in [-0.15, -0.1) is 0 Å². The third-order valence-electron chi connectivity index (χ3n) is 2.78. The molecule has 1 unspecified atom stereocenters. The van der Waals surface area contributed by atoms with Crippen molar-refractivity contribution >= 4 is 11.7 Å². The molecule has 0 aliphatic heterocycles. The van der Waals surface area contributed by atoms with E-state index in [1.165, 1.54) is 12.1 Å². The van der Waals surface area contributed by atoms with Crippen LogP contribution in [0.2, 0.25) is 0 Å². The Morgan fingerprint density at radius 1 is 1.47 bits per heavy atom. The van der Waals surface area contributed by atoms with Crippen molar-refractivity contribution in [3.63, 3.8) is 0 Å². The highest BCUT2D eigenvalue weighted by atomic mass is 32.1. The number of hydrogen-bond acceptors (Lipinski definition) is 5. The summed E-state index contributed by atoms with van der Waals surface area (Å²) < 4.78 is 27.1. The zero-order valence-corrected chi connectivity index (χ0v) is 11.7. The number of nitrogens with one attached hydrogen (secondary N) is 1. The number of halogens is 1. The van der Waals surface area contributed by atoms with E-state index in [0.29, 0.717) is 5.75 Å². The molecule has 4 nitrogen and oxygen atoms in total. The van der Waals surface area contributed by atoms with Gasteiger partial charge in [0.25, 0.3) is 0 Å². The second kappa shape index (κ2) is 6.58. The summed E-state index contributed by atoms with van der Waals surface area (Å²) in [4.78, 5) is 0. The SMILES string of the molecule is CCCNC(c1cnsn1)c1cc(F)ccc1OC. The van der Waals surface area contributed by atoms with Crippen LogP contribution >= 0.6 is 11.7 Å². The average Bonchev–Trinajstić information content (AvgIpc) is 2.93. The summed E-state index contributed by atoms with van der Waals surface area (Å²) >= 11 is 1.14. The Balaban J connectivity index is 2.39. The van der Waals surface area contributed by atoms with E-state index in [1.807, 2.05) is 0 Å². The zero-order valence-electron chi connectivity index (χ0n) is 10.9. The normalized spacial score (nSPS) is 12.4. The molecule has 0 saturated heterocycles. The standard InChI is InChI=1S/C13H16FN3OS/c1-3-6-15-13(11-8-16-19-17-11)10-7-9(14)4-5-12(10)18-2/h4-5,7-8,13,15H,3,6H2,1-2H3. The van der Waals surface area contributed by atoms with E-state index >= 15 is 0 Å². The minimum atomic E-state index is -0.290. The van der Waals surface area contributed by atoms with Gasteiger partial charge in [0.15, 0.2) is 0 Å². The lowest BCUT2D eigenvalue weighted by atomic mass is 10.0. The molecule has 0 aliphatic carbocycles. The number of hydrogen-bond donors (Lipinski definition) is 1. The van der Waals surface area contributed by atoms with Crippen LogP contribution in [-0.2, 0) is 0 Å². The Morgan fingerprint density at radius 2 is 2.32 bits per heavy atom. The van der Waals surface area contributed by atoms with Gasteiger partial charge in [-0.3, -0.25) is 0 Å². The maximum atomic E-state index is 13.5. The van der Waals surface area contributed by atoms with E-state index in [0.717, 1.165) is 36.0 Å². The van der Waals surface area contributed by atoms with E-state index in [9.17, 15) is 4.39 Å². The molecule has 19 heavy (non-hydrogen) atoms. The Kier molecular flexibility index (Phi) is 4.81. The molecule has 0 fully saturated rings. The maximum Gasteiger partial charge on any atom is 0.124 e. The van der Waals surface area contributed by atoms with Crippen LogP contribution in [-0.4, -0.2) is 22.4 Å². The van der Waals surface area contributed by atoms with Crippen LogP contribution in [0.4, 0.5) is 4.39 Å². The number of benzene rings is 1. The molecule has 1 aromatic carbocycles. The van der Waals surface area contributed by atoms with Crippen molar-refractivity contribution in [2.45, 2.75) is 19.4 Å². The van der Waals surface area contributed by atoms with Crippen LogP contribution in [0, 0.1) is 5.82 Å². The molecule has 1 heterocycles. The number of aromatic nitrogens is 2. The van der Waals surface area contributed by atoms with Gasteiger partial charge >= 0.3 is 0 Å². The van der Waals surface area contributed by atoms with Crippen molar-refractivity contribution < 1.29 is 9.13 Å². The molecule has 1 aromatic heterocycles. The lowest BCUT2D eigenvalue weighted by Gasteiger charge is -2.19. The van der Waals surface area contributed by atoms with Gasteiger partial charge in [-0.25, -0.2) is 4.39 Å². The van der Waals surface area contributed by atoms with E-state index in [2.05, 4.69) is 21.0 Å². The van der Waals surface area contributed by atoms with Gasteiger partial charge in [0.1, 0.15) is 11.6 Å². The quantitative estimate of drug-likeness (QED) is 0.884. The lowest BCUT2D eigenvalue weighted by molar-refractivity contribution is 0.401. The molecule has 2 rings (SSSR count). The summed E-state index contributed by atoms with van der Waals surface area (Å²) in [7, 11) is 1.58. The van der Waals surface area contributed by atoms with Crippen molar-refractivity contribution in [3.05, 3.63) is 41.5 Å². The molecule has 0 bridgehead atoms. The maximum absolute atomic E-state index is 13.5. The summed E-state index contributed by atoms with van der Waals surface area (Å²) in [5.41, 5.74) is 1.52. The molecular formula is C13H16FN3OS. The van der Waals surface area contributed by atoms with E-state index < -0.39 is 0 Å². The Hall–Kier alpha value is -1.53. The minimum Gasteiger partial charge on any atom is -0.496 e. The van der Waals surface area contributed by atoms with Gasteiger partial charge in [0.05, 0.1) is 36.8 Å². The summed E-state index contributed by atoms with van der Waals surface area (Å²) in [5, 5.41) is 3.35. The third kappa shape index (κ3) is 3.27. The molecule has 0 saturated carbocycles. The second-order valence-electron chi connectivity index (χ2n) is 4.11. The van der Waals surface area contributed by atoms with Crippen LogP contribution in [0.3, 0.4) is 0 Å². The first-order chi connectivity index (χ1) is 9.26. The monoisotopic (exact) mass is 281 g/mol. The zero-order chi connectivity index (χ0) is 13.7. The van der Waals surface area contributed by atoms with E-state index in [4.69, 9.17) is 4.74 Å². The third-order valence-corrected chi connectivity index (χ3v) is 3.27. The molecule has 0 spiro atoms. The first-order valence-electron chi connectivity index (χ1n) is 6.10. The van der Waals surface area contributed by atoms with Gasteiger partial charge in [0.2, 0.25) is 0 Å². The lowest BCUT2D eigenvalue weighted by Crippen LogP contribution is -2.24. The van der Waals surface area contributed by atoms with Crippen molar-refractivity contribution in [2.75, 3.05) is 13.7 Å². The van der Waals surface area contributed by atoms with Crippen molar-refractivity contribution in [1.29, 1.82) is 0 Å². The molecule has 0 amide bonds. The molecule has 102 valence electrons. The molecule has 1 N–H and O–H groups in total. The first kappa shape index (κ1) is 13.9. The molecule has 2 aromatic rings. The molecule has 1 atom stereocenters. The van der Waals surface area contributed by atoms with Crippen molar-refractivity contribution in [3.8, 4) is 5.75 Å². The van der Waals surface area contributed by atoms with Gasteiger partial charge in [-0.2, -0.15) is 8.75 Å². The van der Waals surface area contributed by atoms with Crippen LogP contribution < -0.4 is 10.1 Å². The van der Waals surface area contributed by atoms with Crippen LogP contribution in [0.1, 0.15) is 30.6 Å². The largest absolute Gasteiger partial charge is 0.496 e. The predicted octanol–water partition coefficient (Wildman–Crippen LogP) is 2.77. The molecule has 6 heteroatoms. The van der Waals surface area contributed by atoms with Crippen LogP contribution in [0.15, 0.2) is 24.4 Å². The minimum absolute atomic E-state index is 0.204. The van der Waals surface area contributed by atoms with Crippen molar-refractivity contribution in [1.82, 2.24) is 14.1 Å². The summed E-state index contributed by atoms with van der Waals surface area (Å²) in [6.07, 6.45) is 2.67. The highest BCUT2D eigenvalue weighted by molar-refractivity contribution is 6.99. The predicted molar refractivity (Wildman–Crippen MR) is 73.0 cm³/mol. The number of nitrogens with zero attached hydrogens (tertiary/aromatic N) is 2. The van der Waals surface area contributed by atoms with Crippen LogP contribution in [0.5, 0.6) is 5.75 Å². The Labute approximate surface area is 116 Å². The summed E-state index contributed by atoms with van der Waals surface area (Å²) in [6.45, 7) is 2.88.